The van der Waals surface area contributed by atoms with E-state index in [1.807, 2.05) is 49.5 Å². The van der Waals surface area contributed by atoms with E-state index in [9.17, 15) is 9.59 Å². The van der Waals surface area contributed by atoms with E-state index < -0.39 is 0 Å². The Morgan fingerprint density at radius 2 is 1.67 bits per heavy atom. The molecule has 2 amide bonds. The van der Waals surface area contributed by atoms with Crippen LogP contribution in [-0.2, 0) is 17.8 Å². The predicted octanol–water partition coefficient (Wildman–Crippen LogP) is 6.37. The van der Waals surface area contributed by atoms with E-state index in [1.54, 1.807) is 17.0 Å². The minimum Gasteiger partial charge on any atom is -0.378 e. The second kappa shape index (κ2) is 13.0. The summed E-state index contributed by atoms with van der Waals surface area (Å²) >= 11 is 3.46. The second-order valence-corrected chi connectivity index (χ2v) is 11.5. The second-order valence-electron chi connectivity index (χ2n) is 10.6. The number of anilines is 1. The lowest BCUT2D eigenvalue weighted by molar-refractivity contribution is -0.132. The third-order valence-corrected chi connectivity index (χ3v) is 7.27. The molecule has 0 aliphatic rings. The van der Waals surface area contributed by atoms with E-state index in [4.69, 9.17) is 0 Å². The van der Waals surface area contributed by atoms with Crippen molar-refractivity contribution in [3.05, 3.63) is 100 Å². The van der Waals surface area contributed by atoms with Crippen molar-refractivity contribution < 1.29 is 9.59 Å². The molecule has 1 N–H and O–H groups in total. The summed E-state index contributed by atoms with van der Waals surface area (Å²) in [6.45, 7) is 5.70. The maximum atomic E-state index is 13.8. The zero-order chi connectivity index (χ0) is 27.9. The van der Waals surface area contributed by atoms with Gasteiger partial charge in [-0.05, 0) is 59.9 Å². The molecule has 1 heterocycles. The Labute approximate surface area is 239 Å². The Hall–Kier alpha value is -3.58. The van der Waals surface area contributed by atoms with E-state index in [0.717, 1.165) is 27.7 Å². The number of nitrogens with zero attached hydrogens (tertiary/aromatic N) is 3. The smallest absolute Gasteiger partial charge is 0.254 e. The monoisotopic (exact) mass is 588 g/mol. The lowest BCUT2D eigenvalue weighted by atomic mass is 10.1. The lowest BCUT2D eigenvalue weighted by Crippen LogP contribution is -2.44. The molecule has 0 aliphatic heterocycles. The van der Waals surface area contributed by atoms with Crippen LogP contribution in [0, 0.1) is 5.92 Å². The van der Waals surface area contributed by atoms with Crippen LogP contribution in [0.1, 0.15) is 35.3 Å². The zero-order valence-electron chi connectivity index (χ0n) is 23.2. The predicted molar refractivity (Wildman–Crippen MR) is 163 cm³/mol. The van der Waals surface area contributed by atoms with Crippen LogP contribution in [0.15, 0.2) is 83.5 Å². The molecule has 0 spiro atoms. The van der Waals surface area contributed by atoms with Crippen LogP contribution in [0.5, 0.6) is 0 Å². The van der Waals surface area contributed by atoms with Gasteiger partial charge in [-0.1, -0.05) is 66.2 Å². The number of carbonyl (C=O) groups is 2. The number of H-pyrrole nitrogens is 1. The average molecular weight is 590 g/mol. The number of hydrogen-bond donors (Lipinski definition) is 1. The Morgan fingerprint density at radius 3 is 2.36 bits per heavy atom. The first-order valence-corrected chi connectivity index (χ1v) is 14.1. The molecule has 0 unspecified atom stereocenters. The van der Waals surface area contributed by atoms with Gasteiger partial charge >= 0.3 is 0 Å². The molecule has 3 aromatic carbocycles. The molecule has 7 heteroatoms. The Balaban J connectivity index is 1.56. The molecule has 1 aromatic heterocycles. The first-order valence-electron chi connectivity index (χ1n) is 13.3. The average Bonchev–Trinajstić information content (AvgIpc) is 3.33. The van der Waals surface area contributed by atoms with Crippen LogP contribution in [0.4, 0.5) is 5.69 Å². The van der Waals surface area contributed by atoms with Crippen LogP contribution in [0.25, 0.3) is 10.9 Å². The molecule has 4 aromatic rings. The van der Waals surface area contributed by atoms with E-state index >= 15 is 0 Å². The number of nitrogens with one attached hydrogen (secondary N) is 1. The Morgan fingerprint density at radius 1 is 0.923 bits per heavy atom. The van der Waals surface area contributed by atoms with Crippen molar-refractivity contribution in [1.29, 1.82) is 0 Å². The lowest BCUT2D eigenvalue weighted by Gasteiger charge is -2.29. The van der Waals surface area contributed by atoms with Crippen molar-refractivity contribution in [3.8, 4) is 0 Å². The summed E-state index contributed by atoms with van der Waals surface area (Å²) in [6.07, 6.45) is 2.75. The van der Waals surface area contributed by atoms with Crippen LogP contribution in [0.3, 0.4) is 0 Å². The van der Waals surface area contributed by atoms with Crippen molar-refractivity contribution >= 4 is 44.3 Å². The van der Waals surface area contributed by atoms with Crippen molar-refractivity contribution in [2.75, 3.05) is 38.6 Å². The summed E-state index contributed by atoms with van der Waals surface area (Å²) in [5, 5.41) is 1.17. The van der Waals surface area contributed by atoms with E-state index in [1.165, 1.54) is 10.9 Å². The first kappa shape index (κ1) is 28.4. The molecule has 204 valence electrons. The van der Waals surface area contributed by atoms with Gasteiger partial charge in [0.1, 0.15) is 6.54 Å². The first-order chi connectivity index (χ1) is 18.7. The van der Waals surface area contributed by atoms with Crippen molar-refractivity contribution in [2.45, 2.75) is 26.8 Å². The van der Waals surface area contributed by atoms with Gasteiger partial charge in [0, 0.05) is 66.6 Å². The van der Waals surface area contributed by atoms with Crippen LogP contribution in [0.2, 0.25) is 0 Å². The van der Waals surface area contributed by atoms with Gasteiger partial charge in [0.05, 0.1) is 0 Å². The quantitative estimate of drug-likeness (QED) is 0.221. The van der Waals surface area contributed by atoms with E-state index in [-0.39, 0.29) is 24.3 Å². The number of halogens is 1. The van der Waals surface area contributed by atoms with Crippen molar-refractivity contribution in [3.63, 3.8) is 0 Å². The number of para-hydroxylation sites is 1. The normalized spacial score (nSPS) is 11.1. The highest BCUT2D eigenvalue weighted by molar-refractivity contribution is 9.10. The number of benzene rings is 3. The number of aromatic nitrogens is 1. The maximum Gasteiger partial charge on any atom is 0.254 e. The third kappa shape index (κ3) is 7.51. The van der Waals surface area contributed by atoms with Crippen LogP contribution in [-0.4, -0.2) is 60.3 Å². The van der Waals surface area contributed by atoms with Crippen LogP contribution >= 0.6 is 15.9 Å². The number of amides is 2. The molecule has 0 atom stereocenters. The Bertz CT molecular complexity index is 1410. The van der Waals surface area contributed by atoms with Gasteiger partial charge in [0.15, 0.2) is 0 Å². The van der Waals surface area contributed by atoms with Gasteiger partial charge in [-0.3, -0.25) is 9.59 Å². The van der Waals surface area contributed by atoms with Gasteiger partial charge in [0.25, 0.3) is 5.91 Å². The molecule has 0 fully saturated rings. The number of carbonyl (C=O) groups excluding carboxylic acids is 2. The SMILES string of the molecule is CC(C)CN(CC(=O)N(CCc1c[nH]c2ccccc12)Cc1ccc(N(C)C)cc1)C(=O)c1cccc(Br)c1. The molecular formula is C32H37BrN4O2. The minimum absolute atomic E-state index is 0.0349. The molecule has 0 radical (unpaired) electrons. The van der Waals surface area contributed by atoms with E-state index in [0.29, 0.717) is 25.2 Å². The number of fused-ring (bicyclic) bond motifs is 1. The summed E-state index contributed by atoms with van der Waals surface area (Å²) < 4.78 is 0.839. The number of aromatic amines is 1. The summed E-state index contributed by atoms with van der Waals surface area (Å²) in [7, 11) is 4.02. The van der Waals surface area contributed by atoms with Crippen molar-refractivity contribution in [2.24, 2.45) is 5.92 Å². The van der Waals surface area contributed by atoms with Crippen molar-refractivity contribution in [1.82, 2.24) is 14.8 Å². The highest BCUT2D eigenvalue weighted by atomic mass is 79.9. The number of hydrogen-bond acceptors (Lipinski definition) is 3. The molecule has 4 rings (SSSR count). The zero-order valence-corrected chi connectivity index (χ0v) is 24.7. The molecule has 0 bridgehead atoms. The topological polar surface area (TPSA) is 59.7 Å². The van der Waals surface area contributed by atoms with Gasteiger partial charge in [-0.2, -0.15) is 0 Å². The number of rotatable bonds is 11. The summed E-state index contributed by atoms with van der Waals surface area (Å²) in [5.41, 5.74) is 5.00. The maximum absolute atomic E-state index is 13.8. The van der Waals surface area contributed by atoms with Gasteiger partial charge in [-0.15, -0.1) is 0 Å². The minimum atomic E-state index is -0.134. The van der Waals surface area contributed by atoms with E-state index in [2.05, 4.69) is 76.1 Å². The highest BCUT2D eigenvalue weighted by Crippen LogP contribution is 2.20. The Kier molecular flexibility index (Phi) is 9.46. The summed E-state index contributed by atoms with van der Waals surface area (Å²) in [5.74, 6) is 0.0351. The third-order valence-electron chi connectivity index (χ3n) is 6.78. The van der Waals surface area contributed by atoms with Gasteiger partial charge in [0.2, 0.25) is 5.91 Å². The van der Waals surface area contributed by atoms with Crippen LogP contribution < -0.4 is 4.90 Å². The molecule has 0 aliphatic carbocycles. The molecule has 6 nitrogen and oxygen atoms in total. The largest absolute Gasteiger partial charge is 0.378 e. The fourth-order valence-electron chi connectivity index (χ4n) is 4.73. The molecule has 39 heavy (non-hydrogen) atoms. The van der Waals surface area contributed by atoms with Gasteiger partial charge in [-0.25, -0.2) is 0 Å². The fourth-order valence-corrected chi connectivity index (χ4v) is 5.13. The van der Waals surface area contributed by atoms with Gasteiger partial charge < -0.3 is 19.7 Å². The molecule has 0 saturated heterocycles. The fraction of sp³-hybridized carbons (Fsp3) is 0.312. The summed E-state index contributed by atoms with van der Waals surface area (Å²) in [4.78, 5) is 36.3. The standard InChI is InChI=1S/C32H37BrN4O2/c1-23(2)20-37(32(39)25-8-7-9-27(33)18-25)22-31(38)36(21-24-12-14-28(15-13-24)35(3)4)17-16-26-19-34-30-11-6-5-10-29(26)30/h5-15,18-19,23,34H,16-17,20-22H2,1-4H3. The molecular weight excluding hydrogens is 552 g/mol. The molecule has 0 saturated carbocycles. The summed E-state index contributed by atoms with van der Waals surface area (Å²) in [6, 6.07) is 23.8. The highest BCUT2D eigenvalue weighted by Gasteiger charge is 2.24.